The van der Waals surface area contributed by atoms with Crippen LogP contribution in [0.25, 0.3) is 0 Å². The molecule has 1 N–H and O–H groups in total. The minimum absolute atomic E-state index is 0.292. The van der Waals surface area contributed by atoms with Gasteiger partial charge in [0, 0.05) is 5.70 Å². The summed E-state index contributed by atoms with van der Waals surface area (Å²) >= 11 is 0. The predicted octanol–water partition coefficient (Wildman–Crippen LogP) is 2.00. The predicted molar refractivity (Wildman–Crippen MR) is 82.3 cm³/mol. The number of hydrogen-bond acceptors (Lipinski definition) is 6. The third-order valence-electron chi connectivity index (χ3n) is 3.65. The second kappa shape index (κ2) is 5.93. The van der Waals surface area contributed by atoms with Gasteiger partial charge in [0.1, 0.15) is 12.4 Å². The Hall–Kier alpha value is -3.14. The maximum Gasteiger partial charge on any atom is 0.338 e. The van der Waals surface area contributed by atoms with Crippen molar-refractivity contribution in [3.63, 3.8) is 0 Å². The van der Waals surface area contributed by atoms with Gasteiger partial charge < -0.3 is 10.1 Å². The summed E-state index contributed by atoms with van der Waals surface area (Å²) in [6.07, 6.45) is 1.43. The fraction of sp³-hybridized carbons (Fsp3) is 0.250. The quantitative estimate of drug-likeness (QED) is 0.872. The smallest absolute Gasteiger partial charge is 0.338 e. The highest BCUT2D eigenvalue weighted by Crippen LogP contribution is 2.35. The van der Waals surface area contributed by atoms with Crippen LogP contribution in [0.2, 0.25) is 0 Å². The van der Waals surface area contributed by atoms with Gasteiger partial charge in [-0.15, -0.1) is 0 Å². The highest BCUT2D eigenvalue weighted by atomic mass is 16.5. The van der Waals surface area contributed by atoms with Crippen molar-refractivity contribution in [3.05, 3.63) is 53.0 Å². The van der Waals surface area contributed by atoms with E-state index in [0.717, 1.165) is 5.56 Å². The van der Waals surface area contributed by atoms with Crippen LogP contribution in [-0.2, 0) is 9.53 Å². The Morgan fingerprint density at radius 2 is 2.17 bits per heavy atom. The number of esters is 1. The van der Waals surface area contributed by atoms with Gasteiger partial charge in [0.25, 0.3) is 0 Å². The van der Waals surface area contributed by atoms with Crippen molar-refractivity contribution in [1.29, 1.82) is 5.26 Å². The third-order valence-corrected chi connectivity index (χ3v) is 3.65. The monoisotopic (exact) mass is 309 g/mol. The molecule has 0 radical (unpaired) electrons. The molecule has 0 bridgehead atoms. The molecule has 7 nitrogen and oxygen atoms in total. The Balaban J connectivity index is 2.12. The largest absolute Gasteiger partial charge is 0.463 e. The summed E-state index contributed by atoms with van der Waals surface area (Å²) in [7, 11) is 0. The summed E-state index contributed by atoms with van der Waals surface area (Å²) in [6, 6.07) is 8.69. The minimum Gasteiger partial charge on any atom is -0.463 e. The number of carbonyl (C=O) groups excluding carboxylic acids is 1. The van der Waals surface area contributed by atoms with E-state index < -0.39 is 12.0 Å². The van der Waals surface area contributed by atoms with Crippen LogP contribution < -0.4 is 5.32 Å². The van der Waals surface area contributed by atoms with Crippen molar-refractivity contribution in [3.8, 4) is 6.07 Å². The molecule has 1 unspecified atom stereocenters. The van der Waals surface area contributed by atoms with Crippen LogP contribution in [0, 0.1) is 11.3 Å². The van der Waals surface area contributed by atoms with Gasteiger partial charge in [-0.05, 0) is 31.5 Å². The Labute approximate surface area is 133 Å². The lowest BCUT2D eigenvalue weighted by atomic mass is 9.95. The number of rotatable bonds is 3. The van der Waals surface area contributed by atoms with Crippen LogP contribution >= 0.6 is 0 Å². The molecule has 1 aliphatic rings. The van der Waals surface area contributed by atoms with E-state index in [0.29, 0.717) is 29.4 Å². The highest BCUT2D eigenvalue weighted by Gasteiger charge is 2.34. The molecule has 2 aromatic rings. The second-order valence-electron chi connectivity index (χ2n) is 5.05. The lowest BCUT2D eigenvalue weighted by Gasteiger charge is -2.28. The van der Waals surface area contributed by atoms with E-state index in [4.69, 9.17) is 10.00 Å². The Bertz CT molecular complexity index is 814. The first-order valence-corrected chi connectivity index (χ1v) is 7.20. The molecule has 0 saturated heterocycles. The molecule has 116 valence electrons. The third kappa shape index (κ3) is 2.55. The number of benzene rings is 1. The van der Waals surface area contributed by atoms with E-state index in [9.17, 15) is 4.79 Å². The first-order chi connectivity index (χ1) is 11.2. The maximum absolute atomic E-state index is 12.4. The van der Waals surface area contributed by atoms with Crippen molar-refractivity contribution in [2.45, 2.75) is 19.9 Å². The maximum atomic E-state index is 12.4. The second-order valence-corrected chi connectivity index (χ2v) is 5.05. The Morgan fingerprint density at radius 1 is 1.43 bits per heavy atom. The number of aromatic nitrogens is 3. The lowest BCUT2D eigenvalue weighted by Crippen LogP contribution is -2.29. The van der Waals surface area contributed by atoms with Crippen LogP contribution in [-0.4, -0.2) is 27.3 Å². The summed E-state index contributed by atoms with van der Waals surface area (Å²) < 4.78 is 6.83. The summed E-state index contributed by atoms with van der Waals surface area (Å²) in [5.41, 5.74) is 2.55. The van der Waals surface area contributed by atoms with Gasteiger partial charge in [0.2, 0.25) is 5.95 Å². The van der Waals surface area contributed by atoms with E-state index in [1.165, 1.54) is 6.33 Å². The van der Waals surface area contributed by atoms with Gasteiger partial charge in [-0.3, -0.25) is 0 Å². The van der Waals surface area contributed by atoms with E-state index in [1.807, 2.05) is 12.1 Å². The number of nitrogens with one attached hydrogen (secondary N) is 1. The zero-order chi connectivity index (χ0) is 16.4. The van der Waals surface area contributed by atoms with Gasteiger partial charge >= 0.3 is 5.97 Å². The molecular formula is C16H15N5O2. The highest BCUT2D eigenvalue weighted by molar-refractivity contribution is 5.92. The standard InChI is InChI=1S/C16H15N5O2/c1-3-23-15(22)13-10(2)20-16-18-9-19-21(16)14(13)12-6-4-11(8-17)5-7-12/h4-7,9,14H,3H2,1-2H3,(H,18,19,20). The fourth-order valence-corrected chi connectivity index (χ4v) is 2.61. The minimum atomic E-state index is -0.444. The number of allylic oxidation sites excluding steroid dienone is 1. The van der Waals surface area contributed by atoms with Crippen molar-refractivity contribution >= 4 is 11.9 Å². The Kier molecular flexibility index (Phi) is 3.81. The van der Waals surface area contributed by atoms with Crippen molar-refractivity contribution in [2.75, 3.05) is 11.9 Å². The van der Waals surface area contributed by atoms with Gasteiger partial charge in [0.05, 0.1) is 23.8 Å². The van der Waals surface area contributed by atoms with E-state index in [-0.39, 0.29) is 0 Å². The number of nitrogens with zero attached hydrogens (tertiary/aromatic N) is 4. The van der Waals surface area contributed by atoms with Gasteiger partial charge in [-0.1, -0.05) is 12.1 Å². The normalized spacial score (nSPS) is 16.3. The summed E-state index contributed by atoms with van der Waals surface area (Å²) in [4.78, 5) is 16.6. The lowest BCUT2D eigenvalue weighted by molar-refractivity contribution is -0.139. The molecule has 1 aromatic heterocycles. The molecule has 0 aliphatic carbocycles. The number of nitriles is 1. The van der Waals surface area contributed by atoms with Crippen LogP contribution in [0.5, 0.6) is 0 Å². The zero-order valence-electron chi connectivity index (χ0n) is 12.8. The van der Waals surface area contributed by atoms with Crippen LogP contribution in [0.1, 0.15) is 31.0 Å². The molecular weight excluding hydrogens is 294 g/mol. The molecule has 23 heavy (non-hydrogen) atoms. The van der Waals surface area contributed by atoms with E-state index >= 15 is 0 Å². The van der Waals surface area contributed by atoms with Crippen molar-refractivity contribution < 1.29 is 9.53 Å². The number of anilines is 1. The van der Waals surface area contributed by atoms with Crippen molar-refractivity contribution in [1.82, 2.24) is 14.8 Å². The molecule has 1 aromatic carbocycles. The molecule has 0 amide bonds. The Morgan fingerprint density at radius 3 is 2.83 bits per heavy atom. The SMILES string of the molecule is CCOC(=O)C1=C(C)Nc2ncnn2C1c1ccc(C#N)cc1. The van der Waals surface area contributed by atoms with Gasteiger partial charge in [-0.2, -0.15) is 15.3 Å². The summed E-state index contributed by atoms with van der Waals surface area (Å²) in [5.74, 6) is 0.165. The fourth-order valence-electron chi connectivity index (χ4n) is 2.61. The van der Waals surface area contributed by atoms with E-state index in [2.05, 4.69) is 21.5 Å². The topological polar surface area (TPSA) is 92.8 Å². The van der Waals surface area contributed by atoms with E-state index in [1.54, 1.807) is 30.7 Å². The van der Waals surface area contributed by atoms with Gasteiger partial charge in [0.15, 0.2) is 0 Å². The first-order valence-electron chi connectivity index (χ1n) is 7.20. The summed E-state index contributed by atoms with van der Waals surface area (Å²) in [6.45, 7) is 3.86. The molecule has 2 heterocycles. The molecule has 0 fully saturated rings. The number of hydrogen-bond donors (Lipinski definition) is 1. The first kappa shape index (κ1) is 14.8. The zero-order valence-corrected chi connectivity index (χ0v) is 12.8. The molecule has 1 atom stereocenters. The molecule has 1 aliphatic heterocycles. The number of fused-ring (bicyclic) bond motifs is 1. The van der Waals surface area contributed by atoms with Crippen LogP contribution in [0.15, 0.2) is 41.9 Å². The average molecular weight is 309 g/mol. The molecule has 0 spiro atoms. The molecule has 7 heteroatoms. The van der Waals surface area contributed by atoms with Crippen LogP contribution in [0.4, 0.5) is 5.95 Å². The average Bonchev–Trinajstić information content (AvgIpc) is 3.01. The molecule has 3 rings (SSSR count). The van der Waals surface area contributed by atoms with Gasteiger partial charge in [-0.25, -0.2) is 9.48 Å². The van der Waals surface area contributed by atoms with Crippen LogP contribution in [0.3, 0.4) is 0 Å². The molecule has 0 saturated carbocycles. The number of ether oxygens (including phenoxy) is 1. The summed E-state index contributed by atoms with van der Waals surface area (Å²) in [5, 5.41) is 16.2. The van der Waals surface area contributed by atoms with Crippen molar-refractivity contribution in [2.24, 2.45) is 0 Å². The number of carbonyl (C=O) groups is 1.